The van der Waals surface area contributed by atoms with Crippen LogP contribution in [0.2, 0.25) is 0 Å². The quantitative estimate of drug-likeness (QED) is 0.820. The van der Waals surface area contributed by atoms with Crippen molar-refractivity contribution in [1.82, 2.24) is 5.32 Å². The zero-order valence-corrected chi connectivity index (χ0v) is 11.2. The fraction of sp³-hybridized carbons (Fsp3) is 0.467. The molecular weight excluding hydrogens is 258 g/mol. The summed E-state index contributed by atoms with van der Waals surface area (Å²) in [7, 11) is 0. The van der Waals surface area contributed by atoms with Crippen LogP contribution < -0.4 is 5.32 Å². The molecule has 1 amide bonds. The number of amides is 1. The van der Waals surface area contributed by atoms with Crippen LogP contribution in [0.5, 0.6) is 0 Å². The lowest BCUT2D eigenvalue weighted by Crippen LogP contribution is -2.44. The molecule has 0 unspecified atom stereocenters. The molecule has 0 saturated carbocycles. The first-order valence-electron chi connectivity index (χ1n) is 6.81. The molecule has 1 fully saturated rings. The van der Waals surface area contributed by atoms with Crippen LogP contribution in [0.3, 0.4) is 0 Å². The van der Waals surface area contributed by atoms with Crippen molar-refractivity contribution in [3.8, 4) is 0 Å². The maximum absolute atomic E-state index is 11.9. The summed E-state index contributed by atoms with van der Waals surface area (Å²) < 4.78 is 5.14. The van der Waals surface area contributed by atoms with E-state index in [1.807, 2.05) is 30.3 Å². The first-order chi connectivity index (χ1) is 9.66. The molecule has 0 radical (unpaired) electrons. The normalized spacial score (nSPS) is 19.5. The Labute approximate surface area is 117 Å². The van der Waals surface area contributed by atoms with E-state index in [1.54, 1.807) is 0 Å². The predicted molar refractivity (Wildman–Crippen MR) is 73.3 cm³/mol. The Balaban J connectivity index is 1.87. The molecule has 2 atom stereocenters. The summed E-state index contributed by atoms with van der Waals surface area (Å²) in [5.74, 6) is -1.43. The number of carbonyl (C=O) groups is 2. The first-order valence-corrected chi connectivity index (χ1v) is 6.81. The average molecular weight is 277 g/mol. The number of carboxylic acids is 1. The van der Waals surface area contributed by atoms with Crippen molar-refractivity contribution in [2.45, 2.75) is 25.3 Å². The minimum Gasteiger partial charge on any atom is -0.480 e. The molecule has 2 N–H and O–H groups in total. The molecule has 0 aromatic heterocycles. The topological polar surface area (TPSA) is 75.6 Å². The lowest BCUT2D eigenvalue weighted by atomic mass is 10.0. The highest BCUT2D eigenvalue weighted by Gasteiger charge is 2.27. The van der Waals surface area contributed by atoms with E-state index >= 15 is 0 Å². The van der Waals surface area contributed by atoms with E-state index in [0.29, 0.717) is 32.5 Å². The number of carbonyl (C=O) groups excluding carboxylic acids is 1. The van der Waals surface area contributed by atoms with Crippen LogP contribution in [-0.4, -0.2) is 36.2 Å². The van der Waals surface area contributed by atoms with Gasteiger partial charge in [-0.2, -0.15) is 0 Å². The molecule has 1 saturated heterocycles. The summed E-state index contributed by atoms with van der Waals surface area (Å²) >= 11 is 0. The zero-order chi connectivity index (χ0) is 14.4. The number of nitrogens with one attached hydrogen (secondary N) is 1. The number of hydrogen-bond donors (Lipinski definition) is 2. The van der Waals surface area contributed by atoms with E-state index in [-0.39, 0.29) is 11.8 Å². The molecule has 0 bridgehead atoms. The monoisotopic (exact) mass is 277 g/mol. The third kappa shape index (κ3) is 4.06. The Hall–Kier alpha value is -1.88. The highest BCUT2D eigenvalue weighted by Crippen LogP contribution is 2.13. The van der Waals surface area contributed by atoms with Gasteiger partial charge in [-0.3, -0.25) is 4.79 Å². The zero-order valence-electron chi connectivity index (χ0n) is 11.2. The number of aryl methyl sites for hydroxylation is 1. The molecule has 1 aromatic rings. The van der Waals surface area contributed by atoms with E-state index in [9.17, 15) is 14.7 Å². The summed E-state index contributed by atoms with van der Waals surface area (Å²) in [6, 6.07) is 8.80. The number of hydrogen-bond acceptors (Lipinski definition) is 3. The first kappa shape index (κ1) is 14.5. The van der Waals surface area contributed by atoms with Crippen LogP contribution in [0, 0.1) is 5.92 Å². The van der Waals surface area contributed by atoms with Crippen molar-refractivity contribution in [3.63, 3.8) is 0 Å². The Morgan fingerprint density at radius 1 is 1.35 bits per heavy atom. The van der Waals surface area contributed by atoms with Gasteiger partial charge in [-0.1, -0.05) is 30.3 Å². The number of benzene rings is 1. The van der Waals surface area contributed by atoms with Gasteiger partial charge in [0.15, 0.2) is 0 Å². The molecule has 1 aliphatic rings. The average Bonchev–Trinajstić information content (AvgIpc) is 2.98. The van der Waals surface area contributed by atoms with Gasteiger partial charge in [-0.25, -0.2) is 4.79 Å². The van der Waals surface area contributed by atoms with Gasteiger partial charge < -0.3 is 15.2 Å². The molecule has 0 spiro atoms. The van der Waals surface area contributed by atoms with Gasteiger partial charge in [0.05, 0.1) is 12.5 Å². The maximum Gasteiger partial charge on any atom is 0.326 e. The van der Waals surface area contributed by atoms with E-state index in [0.717, 1.165) is 5.56 Å². The van der Waals surface area contributed by atoms with Crippen molar-refractivity contribution in [2.24, 2.45) is 5.92 Å². The van der Waals surface area contributed by atoms with Crippen molar-refractivity contribution in [3.05, 3.63) is 35.9 Å². The van der Waals surface area contributed by atoms with E-state index < -0.39 is 12.0 Å². The second-order valence-electron chi connectivity index (χ2n) is 4.98. The van der Waals surface area contributed by atoms with Crippen LogP contribution in [0.25, 0.3) is 0 Å². The molecule has 108 valence electrons. The Kier molecular flexibility index (Phi) is 5.12. The van der Waals surface area contributed by atoms with Gasteiger partial charge in [0.25, 0.3) is 0 Å². The summed E-state index contributed by atoms with van der Waals surface area (Å²) in [6.45, 7) is 0.955. The molecule has 2 rings (SSSR count). The van der Waals surface area contributed by atoms with E-state index in [1.165, 1.54) is 0 Å². The molecule has 5 nitrogen and oxygen atoms in total. The molecule has 5 heteroatoms. The minimum absolute atomic E-state index is 0.214. The SMILES string of the molecule is O=C(N[C@@H](CCc1ccccc1)C(=O)O)[C@H]1CCOC1. The molecule has 1 aromatic carbocycles. The van der Waals surface area contributed by atoms with Crippen LogP contribution >= 0.6 is 0 Å². The summed E-state index contributed by atoms with van der Waals surface area (Å²) in [5.41, 5.74) is 1.07. The van der Waals surface area contributed by atoms with Crippen molar-refractivity contribution in [2.75, 3.05) is 13.2 Å². The number of carboxylic acid groups (broad SMARTS) is 1. The van der Waals surface area contributed by atoms with E-state index in [2.05, 4.69) is 5.32 Å². The number of ether oxygens (including phenoxy) is 1. The Bertz CT molecular complexity index is 454. The fourth-order valence-corrected chi connectivity index (χ4v) is 2.24. The van der Waals surface area contributed by atoms with Gasteiger partial charge >= 0.3 is 5.97 Å². The van der Waals surface area contributed by atoms with Gasteiger partial charge in [0.1, 0.15) is 6.04 Å². The van der Waals surface area contributed by atoms with Gasteiger partial charge in [0.2, 0.25) is 5.91 Å². The van der Waals surface area contributed by atoms with Crippen LogP contribution in [-0.2, 0) is 20.7 Å². The maximum atomic E-state index is 11.9. The van der Waals surface area contributed by atoms with E-state index in [4.69, 9.17) is 4.74 Å². The third-order valence-corrected chi connectivity index (χ3v) is 3.48. The van der Waals surface area contributed by atoms with Crippen LogP contribution in [0.15, 0.2) is 30.3 Å². The van der Waals surface area contributed by atoms with Crippen molar-refractivity contribution >= 4 is 11.9 Å². The fourth-order valence-electron chi connectivity index (χ4n) is 2.24. The molecule has 1 heterocycles. The lowest BCUT2D eigenvalue weighted by molar-refractivity contribution is -0.142. The Morgan fingerprint density at radius 2 is 2.10 bits per heavy atom. The summed E-state index contributed by atoms with van der Waals surface area (Å²) in [6.07, 6.45) is 1.68. The highest BCUT2D eigenvalue weighted by atomic mass is 16.5. The number of rotatable bonds is 6. The number of aliphatic carboxylic acids is 1. The summed E-state index contributed by atoms with van der Waals surface area (Å²) in [5, 5.41) is 11.8. The molecule has 1 aliphatic heterocycles. The van der Waals surface area contributed by atoms with Crippen LogP contribution in [0.1, 0.15) is 18.4 Å². The lowest BCUT2D eigenvalue weighted by Gasteiger charge is -2.16. The third-order valence-electron chi connectivity index (χ3n) is 3.48. The molecular formula is C15H19NO4. The highest BCUT2D eigenvalue weighted by molar-refractivity contribution is 5.85. The predicted octanol–water partition coefficient (Wildman–Crippen LogP) is 1.23. The second-order valence-corrected chi connectivity index (χ2v) is 4.98. The largest absolute Gasteiger partial charge is 0.480 e. The smallest absolute Gasteiger partial charge is 0.326 e. The van der Waals surface area contributed by atoms with Gasteiger partial charge in [0, 0.05) is 6.61 Å². The molecule has 20 heavy (non-hydrogen) atoms. The standard InChI is InChI=1S/C15H19NO4/c17-14(12-8-9-20-10-12)16-13(15(18)19)7-6-11-4-2-1-3-5-11/h1-5,12-13H,6-10H2,(H,16,17)(H,18,19)/t12-,13-/m0/s1. The Morgan fingerprint density at radius 3 is 2.70 bits per heavy atom. The van der Waals surface area contributed by atoms with Gasteiger partial charge in [-0.15, -0.1) is 0 Å². The second kappa shape index (κ2) is 7.05. The summed E-state index contributed by atoms with van der Waals surface area (Å²) in [4.78, 5) is 23.1. The van der Waals surface area contributed by atoms with Crippen molar-refractivity contribution in [1.29, 1.82) is 0 Å². The van der Waals surface area contributed by atoms with Crippen molar-refractivity contribution < 1.29 is 19.4 Å². The van der Waals surface area contributed by atoms with Crippen LogP contribution in [0.4, 0.5) is 0 Å². The minimum atomic E-state index is -0.992. The molecule has 0 aliphatic carbocycles. The van der Waals surface area contributed by atoms with Gasteiger partial charge in [-0.05, 0) is 24.8 Å².